The predicted molar refractivity (Wildman–Crippen MR) is 91.4 cm³/mol. The van der Waals surface area contributed by atoms with Gasteiger partial charge in [0.15, 0.2) is 0 Å². The lowest BCUT2D eigenvalue weighted by atomic mass is 10.0. The van der Waals surface area contributed by atoms with Crippen LogP contribution in [-0.4, -0.2) is 50.2 Å². The molecule has 1 aromatic heterocycles. The molecule has 0 unspecified atom stereocenters. The number of fused-ring (bicyclic) bond motifs is 1. The van der Waals surface area contributed by atoms with Gasteiger partial charge in [0.25, 0.3) is 0 Å². The maximum atomic E-state index is 11.6. The number of nitrogens with zero attached hydrogens (tertiary/aromatic N) is 2. The lowest BCUT2D eigenvalue weighted by Gasteiger charge is -2.31. The number of rotatable bonds is 4. The lowest BCUT2D eigenvalue weighted by molar-refractivity contribution is 0.332. The third-order valence-corrected chi connectivity index (χ3v) is 5.55. The maximum absolute atomic E-state index is 11.6. The molecule has 1 fully saturated rings. The number of hydrogen-bond acceptors (Lipinski definition) is 5. The summed E-state index contributed by atoms with van der Waals surface area (Å²) in [5, 5.41) is 5.63. The van der Waals surface area contributed by atoms with Crippen LogP contribution in [0.1, 0.15) is 12.8 Å². The fourth-order valence-corrected chi connectivity index (χ4v) is 3.83. The highest BCUT2D eigenvalue weighted by Gasteiger charge is 2.25. The molecule has 2 heterocycles. The smallest absolute Gasteiger partial charge is 0.211 e. The van der Waals surface area contributed by atoms with Crippen LogP contribution in [0.5, 0.6) is 5.75 Å². The Morgan fingerprint density at radius 2 is 2.04 bits per heavy atom. The first-order valence-electron chi connectivity index (χ1n) is 7.61. The highest BCUT2D eigenvalue weighted by Crippen LogP contribution is 2.30. The number of nitrogens with one attached hydrogen (secondary N) is 1. The minimum atomic E-state index is -3.09. The first kappa shape index (κ1) is 16.0. The number of aromatic nitrogens is 1. The molecule has 0 amide bonds. The molecule has 0 spiro atoms. The van der Waals surface area contributed by atoms with Gasteiger partial charge in [-0.25, -0.2) is 12.7 Å². The lowest BCUT2D eigenvalue weighted by Crippen LogP contribution is -2.41. The molecule has 0 aliphatic carbocycles. The predicted octanol–water partition coefficient (Wildman–Crippen LogP) is 2.08. The van der Waals surface area contributed by atoms with E-state index in [4.69, 9.17) is 4.74 Å². The van der Waals surface area contributed by atoms with E-state index in [-0.39, 0.29) is 6.04 Å². The van der Waals surface area contributed by atoms with Crippen molar-refractivity contribution in [3.63, 3.8) is 0 Å². The Balaban J connectivity index is 1.80. The van der Waals surface area contributed by atoms with Crippen molar-refractivity contribution in [1.82, 2.24) is 9.29 Å². The molecule has 0 atom stereocenters. The van der Waals surface area contributed by atoms with E-state index in [9.17, 15) is 8.42 Å². The summed E-state index contributed by atoms with van der Waals surface area (Å²) >= 11 is 0. The van der Waals surface area contributed by atoms with Crippen molar-refractivity contribution in [2.45, 2.75) is 18.9 Å². The summed E-state index contributed by atoms with van der Waals surface area (Å²) in [5.74, 6) is 0.791. The zero-order chi connectivity index (χ0) is 16.4. The van der Waals surface area contributed by atoms with E-state index in [1.165, 1.54) is 10.6 Å². The number of methoxy groups -OCH3 is 1. The Morgan fingerprint density at radius 1 is 1.30 bits per heavy atom. The molecule has 1 aromatic carbocycles. The van der Waals surface area contributed by atoms with Gasteiger partial charge in [0.2, 0.25) is 10.0 Å². The SMILES string of the molecule is COc1cc(NC2CCN(S(C)(=O)=O)CC2)c2cnccc2c1. The second kappa shape index (κ2) is 6.33. The van der Waals surface area contributed by atoms with Gasteiger partial charge in [-0.2, -0.15) is 0 Å². The molecular formula is C16H21N3O3S. The number of pyridine rings is 1. The first-order chi connectivity index (χ1) is 11.0. The summed E-state index contributed by atoms with van der Waals surface area (Å²) in [6, 6.07) is 6.14. The Labute approximate surface area is 136 Å². The fourth-order valence-electron chi connectivity index (χ4n) is 2.96. The standard InChI is InChI=1S/C16H21N3O3S/c1-22-14-9-12-3-6-17-11-15(12)16(10-14)18-13-4-7-19(8-5-13)23(2,20)21/h3,6,9-11,13,18H,4-5,7-8H2,1-2H3. The van der Waals surface area contributed by atoms with Crippen LogP contribution in [0.3, 0.4) is 0 Å². The van der Waals surface area contributed by atoms with Crippen molar-refractivity contribution in [2.75, 3.05) is 31.8 Å². The van der Waals surface area contributed by atoms with Gasteiger partial charge in [0, 0.05) is 48.7 Å². The Hall–Kier alpha value is -1.86. The zero-order valence-electron chi connectivity index (χ0n) is 13.3. The summed E-state index contributed by atoms with van der Waals surface area (Å²) in [6.07, 6.45) is 6.43. The molecule has 1 aliphatic rings. The van der Waals surface area contributed by atoms with Crippen LogP contribution >= 0.6 is 0 Å². The summed E-state index contributed by atoms with van der Waals surface area (Å²) in [5.41, 5.74) is 0.977. The van der Waals surface area contributed by atoms with Gasteiger partial charge in [0.05, 0.1) is 13.4 Å². The molecule has 0 bridgehead atoms. The van der Waals surface area contributed by atoms with Crippen LogP contribution in [0.2, 0.25) is 0 Å². The third-order valence-electron chi connectivity index (χ3n) is 4.25. The van der Waals surface area contributed by atoms with E-state index in [0.29, 0.717) is 13.1 Å². The van der Waals surface area contributed by atoms with Crippen molar-refractivity contribution in [1.29, 1.82) is 0 Å². The minimum absolute atomic E-state index is 0.239. The average molecular weight is 335 g/mol. The molecular weight excluding hydrogens is 314 g/mol. The zero-order valence-corrected chi connectivity index (χ0v) is 14.1. The quantitative estimate of drug-likeness (QED) is 0.926. The molecule has 0 saturated carbocycles. The van der Waals surface area contributed by atoms with Crippen molar-refractivity contribution in [3.05, 3.63) is 30.6 Å². The topological polar surface area (TPSA) is 71.5 Å². The number of piperidine rings is 1. The van der Waals surface area contributed by atoms with Crippen LogP contribution in [0.25, 0.3) is 10.8 Å². The molecule has 2 aromatic rings. The third kappa shape index (κ3) is 3.56. The van der Waals surface area contributed by atoms with Crippen molar-refractivity contribution < 1.29 is 13.2 Å². The summed E-state index contributed by atoms with van der Waals surface area (Å²) in [4.78, 5) is 4.20. The van der Waals surface area contributed by atoms with Crippen molar-refractivity contribution >= 4 is 26.5 Å². The van der Waals surface area contributed by atoms with Crippen molar-refractivity contribution in [3.8, 4) is 5.75 Å². The number of anilines is 1. The number of benzene rings is 1. The van der Waals surface area contributed by atoms with Gasteiger partial charge in [-0.15, -0.1) is 0 Å². The first-order valence-corrected chi connectivity index (χ1v) is 9.45. The Morgan fingerprint density at radius 3 is 2.70 bits per heavy atom. The van der Waals surface area contributed by atoms with Crippen molar-refractivity contribution in [2.24, 2.45) is 0 Å². The molecule has 1 saturated heterocycles. The largest absolute Gasteiger partial charge is 0.497 e. The van der Waals surface area contributed by atoms with E-state index < -0.39 is 10.0 Å². The molecule has 1 N–H and O–H groups in total. The fraction of sp³-hybridized carbons (Fsp3) is 0.438. The highest BCUT2D eigenvalue weighted by atomic mass is 32.2. The second-order valence-electron chi connectivity index (χ2n) is 5.85. The van der Waals surface area contributed by atoms with E-state index in [2.05, 4.69) is 10.3 Å². The van der Waals surface area contributed by atoms with E-state index in [1.54, 1.807) is 13.3 Å². The molecule has 124 valence electrons. The molecule has 7 heteroatoms. The van der Waals surface area contributed by atoms with Gasteiger partial charge in [-0.1, -0.05) is 0 Å². The molecule has 6 nitrogen and oxygen atoms in total. The number of sulfonamides is 1. The minimum Gasteiger partial charge on any atom is -0.497 e. The average Bonchev–Trinajstić information content (AvgIpc) is 2.54. The summed E-state index contributed by atoms with van der Waals surface area (Å²) in [7, 11) is -1.44. The highest BCUT2D eigenvalue weighted by molar-refractivity contribution is 7.88. The van der Waals surface area contributed by atoms with Gasteiger partial charge >= 0.3 is 0 Å². The Bertz CT molecular complexity index is 799. The van der Waals surface area contributed by atoms with E-state index in [0.717, 1.165) is 35.1 Å². The molecule has 1 aliphatic heterocycles. The van der Waals surface area contributed by atoms with Crippen LogP contribution in [0.15, 0.2) is 30.6 Å². The molecule has 0 radical (unpaired) electrons. The summed E-state index contributed by atoms with van der Waals surface area (Å²) < 4.78 is 30.1. The van der Waals surface area contributed by atoms with Crippen LogP contribution in [0.4, 0.5) is 5.69 Å². The van der Waals surface area contributed by atoms with Gasteiger partial charge in [0.1, 0.15) is 5.75 Å². The van der Waals surface area contributed by atoms with Gasteiger partial charge < -0.3 is 10.1 Å². The maximum Gasteiger partial charge on any atom is 0.211 e. The Kier molecular flexibility index (Phi) is 4.41. The normalized spacial score (nSPS) is 17.3. The van der Waals surface area contributed by atoms with Gasteiger partial charge in [-0.3, -0.25) is 4.98 Å². The van der Waals surface area contributed by atoms with Crippen LogP contribution in [0, 0.1) is 0 Å². The number of hydrogen-bond donors (Lipinski definition) is 1. The monoisotopic (exact) mass is 335 g/mol. The molecule has 3 rings (SSSR count). The van der Waals surface area contributed by atoms with E-state index in [1.807, 2.05) is 24.4 Å². The van der Waals surface area contributed by atoms with Gasteiger partial charge in [-0.05, 0) is 30.4 Å². The second-order valence-corrected chi connectivity index (χ2v) is 7.83. The van der Waals surface area contributed by atoms with Crippen LogP contribution < -0.4 is 10.1 Å². The van der Waals surface area contributed by atoms with E-state index >= 15 is 0 Å². The van der Waals surface area contributed by atoms with Crippen LogP contribution in [-0.2, 0) is 10.0 Å². The summed E-state index contributed by atoms with van der Waals surface area (Å²) in [6.45, 7) is 1.10. The molecule has 23 heavy (non-hydrogen) atoms. The number of ether oxygens (including phenoxy) is 1.